The van der Waals surface area contributed by atoms with Gasteiger partial charge in [-0.05, 0) is 12.3 Å². The van der Waals surface area contributed by atoms with Crippen molar-refractivity contribution >= 4 is 22.6 Å². The lowest BCUT2D eigenvalue weighted by molar-refractivity contribution is 0.0722. The number of H-pyrrole nitrogens is 1. The van der Waals surface area contributed by atoms with E-state index in [1.165, 1.54) is 4.31 Å². The van der Waals surface area contributed by atoms with E-state index in [9.17, 15) is 8.42 Å². The average Bonchev–Trinajstić information content (AvgIpc) is 3.19. The number of likely N-dealkylation sites (tertiary alicyclic amines) is 1. The molecule has 144 valence electrons. The third kappa shape index (κ3) is 5.35. The number of aromatic amines is 1. The highest BCUT2D eigenvalue weighted by atomic mass is 35.5. The topological polar surface area (TPSA) is 103 Å². The molecule has 0 spiro atoms. The second-order valence-electron chi connectivity index (χ2n) is 6.44. The molecule has 0 bridgehead atoms. The van der Waals surface area contributed by atoms with Crippen molar-refractivity contribution in [1.29, 1.82) is 0 Å². The van der Waals surface area contributed by atoms with Crippen molar-refractivity contribution in [2.75, 3.05) is 39.4 Å². The molecule has 2 aliphatic heterocycles. The van der Waals surface area contributed by atoms with E-state index in [1.54, 1.807) is 6.20 Å². The van der Waals surface area contributed by atoms with Gasteiger partial charge in [0.2, 0.25) is 0 Å². The molecule has 0 aromatic carbocycles. The van der Waals surface area contributed by atoms with Crippen LogP contribution in [0.4, 0.5) is 0 Å². The summed E-state index contributed by atoms with van der Waals surface area (Å²) >= 11 is 0. The average molecular weight is 395 g/mol. The molecule has 3 heterocycles. The molecule has 2 atom stereocenters. The SMILES string of the molecule is CCC[C@H]1CN(Cc2cn[nH]n2)C[C@@H]1NS(=O)(=O)N1CCOCC1.Cl. The summed E-state index contributed by atoms with van der Waals surface area (Å²) in [5, 5.41) is 10.5. The summed E-state index contributed by atoms with van der Waals surface area (Å²) in [6.07, 6.45) is 3.75. The number of halogens is 1. The van der Waals surface area contributed by atoms with Gasteiger partial charge in [0.05, 0.1) is 25.1 Å². The van der Waals surface area contributed by atoms with E-state index in [2.05, 4.69) is 32.0 Å². The van der Waals surface area contributed by atoms with Crippen molar-refractivity contribution in [3.63, 3.8) is 0 Å². The Labute approximate surface area is 155 Å². The van der Waals surface area contributed by atoms with Crippen molar-refractivity contribution < 1.29 is 13.2 Å². The highest BCUT2D eigenvalue weighted by Crippen LogP contribution is 2.24. The molecule has 0 radical (unpaired) electrons. The summed E-state index contributed by atoms with van der Waals surface area (Å²) < 4.78 is 34.9. The molecule has 9 nitrogen and oxygen atoms in total. The van der Waals surface area contributed by atoms with Crippen molar-refractivity contribution in [3.8, 4) is 0 Å². The van der Waals surface area contributed by atoms with E-state index in [4.69, 9.17) is 4.74 Å². The minimum atomic E-state index is -3.46. The second kappa shape index (κ2) is 9.24. The highest BCUT2D eigenvalue weighted by Gasteiger charge is 2.36. The predicted octanol–water partition coefficient (Wildman–Crippen LogP) is -0.00640. The number of nitrogens with one attached hydrogen (secondary N) is 2. The maximum atomic E-state index is 12.6. The summed E-state index contributed by atoms with van der Waals surface area (Å²) in [5.74, 6) is 0.317. The fourth-order valence-electron chi connectivity index (χ4n) is 3.47. The van der Waals surface area contributed by atoms with Gasteiger partial charge < -0.3 is 4.74 Å². The van der Waals surface area contributed by atoms with Crippen molar-refractivity contribution in [1.82, 2.24) is 29.3 Å². The third-order valence-corrected chi connectivity index (χ3v) is 6.28. The Bertz CT molecular complexity index is 608. The van der Waals surface area contributed by atoms with Crippen molar-refractivity contribution in [2.45, 2.75) is 32.4 Å². The Morgan fingerprint density at radius 2 is 2.12 bits per heavy atom. The van der Waals surface area contributed by atoms with Gasteiger partial charge in [0, 0.05) is 38.8 Å². The molecular formula is C14H27ClN6O3S. The first-order valence-corrected chi connectivity index (χ1v) is 9.94. The van der Waals surface area contributed by atoms with Crippen LogP contribution in [0.3, 0.4) is 0 Å². The predicted molar refractivity (Wildman–Crippen MR) is 95.5 cm³/mol. The van der Waals surface area contributed by atoms with Gasteiger partial charge in [0.15, 0.2) is 0 Å². The number of ether oxygens (including phenoxy) is 1. The quantitative estimate of drug-likeness (QED) is 0.674. The van der Waals surface area contributed by atoms with Gasteiger partial charge >= 0.3 is 0 Å². The zero-order valence-corrected chi connectivity index (χ0v) is 16.1. The summed E-state index contributed by atoms with van der Waals surface area (Å²) in [7, 11) is -3.46. The van der Waals surface area contributed by atoms with Gasteiger partial charge in [0.25, 0.3) is 10.2 Å². The van der Waals surface area contributed by atoms with Crippen LogP contribution in [-0.4, -0.2) is 78.5 Å². The molecule has 2 N–H and O–H groups in total. The molecule has 25 heavy (non-hydrogen) atoms. The number of aromatic nitrogens is 3. The van der Waals surface area contributed by atoms with Gasteiger partial charge in [-0.15, -0.1) is 12.4 Å². The standard InChI is InChI=1S/C14H26N6O3S.ClH/c1-2-3-12-9-19(10-13-8-15-18-16-13)11-14(12)17-24(21,22)20-4-6-23-7-5-20;/h8,12,14,17H,2-7,9-11H2,1H3,(H,15,16,18);1H/t12-,14-;/m0./s1. The van der Waals surface area contributed by atoms with Gasteiger partial charge in [-0.3, -0.25) is 4.90 Å². The number of hydrogen-bond acceptors (Lipinski definition) is 6. The monoisotopic (exact) mass is 394 g/mol. The summed E-state index contributed by atoms with van der Waals surface area (Å²) in [4.78, 5) is 2.24. The van der Waals surface area contributed by atoms with Crippen LogP contribution in [-0.2, 0) is 21.5 Å². The van der Waals surface area contributed by atoms with Gasteiger partial charge in [0.1, 0.15) is 0 Å². The molecule has 11 heteroatoms. The lowest BCUT2D eigenvalue weighted by Crippen LogP contribution is -2.51. The van der Waals surface area contributed by atoms with Crippen LogP contribution in [0.5, 0.6) is 0 Å². The Morgan fingerprint density at radius 3 is 2.76 bits per heavy atom. The summed E-state index contributed by atoms with van der Waals surface area (Å²) in [6.45, 7) is 6.15. The molecule has 0 saturated carbocycles. The Morgan fingerprint density at radius 1 is 1.36 bits per heavy atom. The Kier molecular flexibility index (Phi) is 7.59. The van der Waals surface area contributed by atoms with Crippen LogP contribution in [0.15, 0.2) is 6.20 Å². The third-order valence-electron chi connectivity index (χ3n) is 4.64. The first-order chi connectivity index (χ1) is 11.6. The first kappa shape index (κ1) is 20.5. The maximum Gasteiger partial charge on any atom is 0.279 e. The zero-order chi connectivity index (χ0) is 17.0. The minimum absolute atomic E-state index is 0. The Balaban J connectivity index is 0.00000225. The molecule has 0 unspecified atom stereocenters. The van der Waals surface area contributed by atoms with Crippen molar-refractivity contribution in [3.05, 3.63) is 11.9 Å². The summed E-state index contributed by atoms with van der Waals surface area (Å²) in [5.41, 5.74) is 0.877. The van der Waals surface area contributed by atoms with E-state index in [1.807, 2.05) is 0 Å². The first-order valence-electron chi connectivity index (χ1n) is 8.50. The summed E-state index contributed by atoms with van der Waals surface area (Å²) in [6, 6.07) is -0.0651. The molecule has 2 aliphatic rings. The minimum Gasteiger partial charge on any atom is -0.379 e. The molecule has 2 fully saturated rings. The van der Waals surface area contributed by atoms with Crippen LogP contribution < -0.4 is 4.72 Å². The smallest absolute Gasteiger partial charge is 0.279 e. The van der Waals surface area contributed by atoms with Gasteiger partial charge in [-0.1, -0.05) is 13.3 Å². The molecule has 1 aromatic heterocycles. The fourth-order valence-corrected chi connectivity index (χ4v) is 4.90. The van der Waals surface area contributed by atoms with Crippen molar-refractivity contribution in [2.24, 2.45) is 5.92 Å². The number of hydrogen-bond donors (Lipinski definition) is 2. The van der Waals surface area contributed by atoms with Crippen LogP contribution in [0.2, 0.25) is 0 Å². The van der Waals surface area contributed by atoms with Crippen LogP contribution in [0.1, 0.15) is 25.5 Å². The maximum absolute atomic E-state index is 12.6. The van der Waals surface area contributed by atoms with E-state index in [-0.39, 0.29) is 18.4 Å². The van der Waals surface area contributed by atoms with Crippen LogP contribution in [0, 0.1) is 5.92 Å². The molecule has 1 aromatic rings. The van der Waals surface area contributed by atoms with E-state index in [0.717, 1.165) is 25.1 Å². The number of nitrogens with zero attached hydrogens (tertiary/aromatic N) is 4. The number of rotatable bonds is 7. The van der Waals surface area contributed by atoms with Crippen LogP contribution >= 0.6 is 12.4 Å². The Hall–Kier alpha value is -0.780. The van der Waals surface area contributed by atoms with E-state index in [0.29, 0.717) is 45.3 Å². The van der Waals surface area contributed by atoms with E-state index < -0.39 is 10.2 Å². The largest absolute Gasteiger partial charge is 0.379 e. The zero-order valence-electron chi connectivity index (χ0n) is 14.4. The lowest BCUT2D eigenvalue weighted by atomic mass is 9.99. The molecule has 0 aliphatic carbocycles. The van der Waals surface area contributed by atoms with E-state index >= 15 is 0 Å². The second-order valence-corrected chi connectivity index (χ2v) is 8.15. The number of morpholine rings is 1. The normalized spacial score (nSPS) is 25.8. The molecular weight excluding hydrogens is 368 g/mol. The molecule has 0 amide bonds. The molecule has 3 rings (SSSR count). The molecule has 2 saturated heterocycles. The van der Waals surface area contributed by atoms with Gasteiger partial charge in [-0.25, -0.2) is 0 Å². The lowest BCUT2D eigenvalue weighted by Gasteiger charge is -2.29. The van der Waals surface area contributed by atoms with Crippen LogP contribution in [0.25, 0.3) is 0 Å². The van der Waals surface area contributed by atoms with Gasteiger partial charge in [-0.2, -0.15) is 32.9 Å². The highest BCUT2D eigenvalue weighted by molar-refractivity contribution is 7.87. The fraction of sp³-hybridized carbons (Fsp3) is 0.857.